The lowest BCUT2D eigenvalue weighted by Gasteiger charge is -2.55. The van der Waals surface area contributed by atoms with E-state index in [1.54, 1.807) is 0 Å². The molecule has 0 unspecified atom stereocenters. The Bertz CT molecular complexity index is 191. The Morgan fingerprint density at radius 1 is 1.14 bits per heavy atom. The number of likely N-dealkylation sites (tertiary alicyclic amines) is 2. The summed E-state index contributed by atoms with van der Waals surface area (Å²) in [5.41, 5.74) is 5.99. The second-order valence-corrected chi connectivity index (χ2v) is 5.11. The van der Waals surface area contributed by atoms with E-state index in [4.69, 9.17) is 5.73 Å². The largest absolute Gasteiger partial charge is 0.394 e. The van der Waals surface area contributed by atoms with Crippen molar-refractivity contribution in [1.29, 1.82) is 0 Å². The number of nitrogens with zero attached hydrogens (tertiary/aromatic N) is 2. The Balaban J connectivity index is 2.21. The van der Waals surface area contributed by atoms with Gasteiger partial charge in [-0.3, -0.25) is 0 Å². The molecule has 2 rings (SSSR count). The molecule has 4 nitrogen and oxygen atoms in total. The number of aliphatic hydroxyl groups is 1. The molecule has 2 aliphatic rings. The molecule has 2 bridgehead atoms. The fourth-order valence-corrected chi connectivity index (χ4v) is 3.04. The minimum absolute atomic E-state index is 0.129. The third-order valence-electron chi connectivity index (χ3n) is 3.92. The molecular formula is C10H21N3O. The van der Waals surface area contributed by atoms with Gasteiger partial charge in [-0.25, -0.2) is 0 Å². The number of nitrogens with two attached hydrogens (primary N) is 1. The number of aliphatic hydroxyl groups excluding tert-OH is 1. The minimum atomic E-state index is -0.334. The van der Waals surface area contributed by atoms with Gasteiger partial charge in [-0.15, -0.1) is 0 Å². The van der Waals surface area contributed by atoms with Gasteiger partial charge in [0, 0.05) is 43.6 Å². The summed E-state index contributed by atoms with van der Waals surface area (Å²) in [5.74, 6) is 0.824. The van der Waals surface area contributed by atoms with Crippen molar-refractivity contribution in [2.24, 2.45) is 17.6 Å². The smallest absolute Gasteiger partial charge is 0.0618 e. The van der Waals surface area contributed by atoms with Crippen molar-refractivity contribution in [3.63, 3.8) is 0 Å². The van der Waals surface area contributed by atoms with Gasteiger partial charge < -0.3 is 20.6 Å². The van der Waals surface area contributed by atoms with Crippen molar-refractivity contribution < 1.29 is 5.11 Å². The van der Waals surface area contributed by atoms with Gasteiger partial charge in [0.1, 0.15) is 0 Å². The molecule has 14 heavy (non-hydrogen) atoms. The van der Waals surface area contributed by atoms with Gasteiger partial charge in [0.15, 0.2) is 0 Å². The molecule has 2 aliphatic heterocycles. The van der Waals surface area contributed by atoms with Gasteiger partial charge in [0.05, 0.1) is 6.61 Å². The summed E-state index contributed by atoms with van der Waals surface area (Å²) >= 11 is 0. The van der Waals surface area contributed by atoms with Gasteiger partial charge in [-0.05, 0) is 14.1 Å². The highest BCUT2D eigenvalue weighted by atomic mass is 16.3. The Kier molecular flexibility index (Phi) is 2.55. The number of hydrogen-bond donors (Lipinski definition) is 2. The highest BCUT2D eigenvalue weighted by molar-refractivity contribution is 5.06. The van der Waals surface area contributed by atoms with Crippen molar-refractivity contribution in [2.75, 3.05) is 46.9 Å². The first-order valence-electron chi connectivity index (χ1n) is 5.33. The zero-order valence-corrected chi connectivity index (χ0v) is 9.11. The summed E-state index contributed by atoms with van der Waals surface area (Å²) in [6.07, 6.45) is 0. The van der Waals surface area contributed by atoms with Crippen LogP contribution >= 0.6 is 0 Å². The topological polar surface area (TPSA) is 52.7 Å². The first-order chi connectivity index (χ1) is 6.56. The fourth-order valence-electron chi connectivity index (χ4n) is 3.04. The van der Waals surface area contributed by atoms with Crippen LogP contribution in [0.1, 0.15) is 0 Å². The summed E-state index contributed by atoms with van der Waals surface area (Å²) in [6.45, 7) is 4.18. The van der Waals surface area contributed by atoms with E-state index in [0.29, 0.717) is 11.8 Å². The molecule has 2 heterocycles. The Morgan fingerprint density at radius 3 is 1.79 bits per heavy atom. The summed E-state index contributed by atoms with van der Waals surface area (Å²) in [5, 5.41) is 9.47. The molecule has 0 radical (unpaired) electrons. The molecule has 0 atom stereocenters. The van der Waals surface area contributed by atoms with Gasteiger partial charge in [0.25, 0.3) is 0 Å². The van der Waals surface area contributed by atoms with E-state index in [1.807, 2.05) is 0 Å². The number of fused-ring (bicyclic) bond motifs is 2. The molecule has 0 aliphatic carbocycles. The monoisotopic (exact) mass is 199 g/mol. The summed E-state index contributed by atoms with van der Waals surface area (Å²) < 4.78 is 0. The van der Waals surface area contributed by atoms with E-state index in [2.05, 4.69) is 23.9 Å². The average Bonchev–Trinajstić information content (AvgIpc) is 2.10. The van der Waals surface area contributed by atoms with Crippen molar-refractivity contribution >= 4 is 0 Å². The predicted octanol–water partition coefficient (Wildman–Crippen LogP) is -1.20. The number of hydrogen-bond acceptors (Lipinski definition) is 4. The third kappa shape index (κ3) is 1.46. The molecular weight excluding hydrogens is 178 g/mol. The molecule has 0 amide bonds. The van der Waals surface area contributed by atoms with E-state index in [9.17, 15) is 5.11 Å². The van der Waals surface area contributed by atoms with Crippen LogP contribution in [0.2, 0.25) is 0 Å². The fraction of sp³-hybridized carbons (Fsp3) is 1.00. The first-order valence-corrected chi connectivity index (χ1v) is 5.33. The second-order valence-electron chi connectivity index (χ2n) is 5.11. The Morgan fingerprint density at radius 2 is 1.50 bits per heavy atom. The van der Waals surface area contributed by atoms with E-state index >= 15 is 0 Å². The molecule has 0 saturated carbocycles. The van der Waals surface area contributed by atoms with Crippen LogP contribution < -0.4 is 5.73 Å². The minimum Gasteiger partial charge on any atom is -0.394 e. The van der Waals surface area contributed by atoms with Crippen LogP contribution in [0.25, 0.3) is 0 Å². The van der Waals surface area contributed by atoms with Crippen LogP contribution in [0.3, 0.4) is 0 Å². The van der Waals surface area contributed by atoms with Crippen LogP contribution in [-0.4, -0.2) is 67.3 Å². The molecule has 3 N–H and O–H groups in total. The average molecular weight is 199 g/mol. The lowest BCUT2D eigenvalue weighted by Crippen LogP contribution is -2.71. The maximum absolute atomic E-state index is 9.47. The van der Waals surface area contributed by atoms with Crippen LogP contribution in [0, 0.1) is 11.8 Å². The zero-order valence-electron chi connectivity index (χ0n) is 9.11. The SMILES string of the molecule is CN1CC2CN(C)CC(C1)C2(N)CO. The van der Waals surface area contributed by atoms with Crippen molar-refractivity contribution in [3.8, 4) is 0 Å². The summed E-state index contributed by atoms with van der Waals surface area (Å²) in [4.78, 5) is 4.67. The lowest BCUT2D eigenvalue weighted by molar-refractivity contribution is -0.0481. The van der Waals surface area contributed by atoms with Crippen LogP contribution in [0.4, 0.5) is 0 Å². The maximum Gasteiger partial charge on any atom is 0.0618 e. The molecule has 2 fully saturated rings. The number of piperidine rings is 2. The van der Waals surface area contributed by atoms with Crippen LogP contribution in [-0.2, 0) is 0 Å². The van der Waals surface area contributed by atoms with E-state index in [1.165, 1.54) is 0 Å². The van der Waals surface area contributed by atoms with Crippen LogP contribution in [0.15, 0.2) is 0 Å². The van der Waals surface area contributed by atoms with Gasteiger partial charge in [0.2, 0.25) is 0 Å². The molecule has 82 valence electrons. The number of rotatable bonds is 1. The van der Waals surface area contributed by atoms with E-state index < -0.39 is 0 Å². The highest BCUT2D eigenvalue weighted by Crippen LogP contribution is 2.34. The van der Waals surface area contributed by atoms with E-state index in [0.717, 1.165) is 26.2 Å². The Hall–Kier alpha value is -0.160. The normalized spacial score (nSPS) is 45.4. The van der Waals surface area contributed by atoms with Crippen molar-refractivity contribution in [2.45, 2.75) is 5.54 Å². The quantitative estimate of drug-likeness (QED) is 0.557. The third-order valence-corrected chi connectivity index (χ3v) is 3.92. The lowest BCUT2D eigenvalue weighted by atomic mass is 9.69. The predicted molar refractivity (Wildman–Crippen MR) is 56.0 cm³/mol. The standard InChI is InChI=1S/C10H21N3O/c1-12-3-8-5-13(2)6-9(4-12)10(8,11)7-14/h8-9,14H,3-7,11H2,1-2H3. The van der Waals surface area contributed by atoms with Gasteiger partial charge in [-0.2, -0.15) is 0 Å². The molecule has 4 heteroatoms. The summed E-state index contributed by atoms with van der Waals surface area (Å²) in [7, 11) is 4.28. The first kappa shape index (κ1) is 10.4. The summed E-state index contributed by atoms with van der Waals surface area (Å²) in [6, 6.07) is 0. The molecule has 0 spiro atoms. The highest BCUT2D eigenvalue weighted by Gasteiger charge is 2.49. The van der Waals surface area contributed by atoms with Gasteiger partial charge >= 0.3 is 0 Å². The zero-order chi connectivity index (χ0) is 10.3. The van der Waals surface area contributed by atoms with Gasteiger partial charge in [-0.1, -0.05) is 0 Å². The van der Waals surface area contributed by atoms with E-state index in [-0.39, 0.29) is 12.1 Å². The Labute approximate surface area is 85.7 Å². The molecule has 0 aromatic heterocycles. The molecule has 2 saturated heterocycles. The van der Waals surface area contributed by atoms with Crippen molar-refractivity contribution in [1.82, 2.24) is 9.80 Å². The second kappa shape index (κ2) is 3.45. The molecule has 0 aromatic carbocycles. The van der Waals surface area contributed by atoms with Crippen LogP contribution in [0.5, 0.6) is 0 Å². The molecule has 0 aromatic rings. The van der Waals surface area contributed by atoms with Crippen molar-refractivity contribution in [3.05, 3.63) is 0 Å². The maximum atomic E-state index is 9.47.